The number of pyridine rings is 1. The number of aromatic nitrogens is 5. The molecule has 2 aliphatic rings. The fourth-order valence-electron chi connectivity index (χ4n) is 7.46. The second-order valence-electron chi connectivity index (χ2n) is 19.3. The van der Waals surface area contributed by atoms with Crippen LogP contribution in [0.4, 0.5) is 5.69 Å². The third kappa shape index (κ3) is 9.37. The Morgan fingerprint density at radius 3 is 2.27 bits per heavy atom. The Morgan fingerprint density at radius 2 is 1.66 bits per heavy atom. The topological polar surface area (TPSA) is 149 Å². The normalized spacial score (nSPS) is 19.7. The molecule has 13 nitrogen and oxygen atoms in total. The fraction of sp³-hybridized carbons (Fsp3) is 0.625. The number of halogens is 1. The molecular weight excluding hydrogens is 768 g/mol. The van der Waals surface area contributed by atoms with Gasteiger partial charge in [0.25, 0.3) is 0 Å². The Kier molecular flexibility index (Phi) is 12.0. The Labute approximate surface area is 338 Å². The van der Waals surface area contributed by atoms with Crippen LogP contribution in [0.2, 0.25) is 40.8 Å². The average Bonchev–Trinajstić information content (AvgIpc) is 3.82. The number of nitrogens with zero attached hydrogens (tertiary/aromatic N) is 6. The van der Waals surface area contributed by atoms with Crippen LogP contribution in [0.25, 0.3) is 22.4 Å². The Balaban J connectivity index is 1.20. The number of fused-ring (bicyclic) bond motifs is 2. The lowest BCUT2D eigenvalue weighted by atomic mass is 10.1. The zero-order valence-corrected chi connectivity index (χ0v) is 37.6. The minimum Gasteiger partial charge on any atom is -0.456 e. The summed E-state index contributed by atoms with van der Waals surface area (Å²) in [6, 6.07) is 11.2. The first-order valence-corrected chi connectivity index (χ1v) is 25.5. The minimum atomic E-state index is -3.27. The van der Waals surface area contributed by atoms with Gasteiger partial charge in [-0.25, -0.2) is 4.98 Å². The van der Waals surface area contributed by atoms with Crippen LogP contribution in [0.15, 0.2) is 36.5 Å². The molecule has 5 heterocycles. The summed E-state index contributed by atoms with van der Waals surface area (Å²) >= 11 is 6.95. The van der Waals surface area contributed by atoms with Crippen LogP contribution in [-0.2, 0) is 40.3 Å². The minimum absolute atomic E-state index is 0.0416. The summed E-state index contributed by atoms with van der Waals surface area (Å²) in [6.45, 7) is 25.2. The molecule has 4 aromatic rings. The molecule has 16 heteroatoms. The van der Waals surface area contributed by atoms with E-state index in [-0.39, 0.29) is 26.0 Å². The van der Waals surface area contributed by atoms with Gasteiger partial charge in [0.2, 0.25) is 0 Å². The van der Waals surface area contributed by atoms with Crippen molar-refractivity contribution in [3.05, 3.63) is 52.8 Å². The van der Waals surface area contributed by atoms with Gasteiger partial charge in [0.1, 0.15) is 18.9 Å². The van der Waals surface area contributed by atoms with E-state index in [1.807, 2.05) is 70.6 Å². The van der Waals surface area contributed by atoms with Crippen molar-refractivity contribution >= 4 is 45.1 Å². The highest BCUT2D eigenvalue weighted by Gasteiger charge is 2.56. The first-order valence-electron chi connectivity index (χ1n) is 19.5. The molecule has 2 aliphatic heterocycles. The van der Waals surface area contributed by atoms with Gasteiger partial charge in [-0.1, -0.05) is 84.9 Å². The molecule has 0 amide bonds. The van der Waals surface area contributed by atoms with Gasteiger partial charge < -0.3 is 38.5 Å². The fourth-order valence-corrected chi connectivity index (χ4v) is 12.0. The maximum absolute atomic E-state index is 11.7. The predicted molar refractivity (Wildman–Crippen MR) is 224 cm³/mol. The molecular formula is C40H61ClN6O7Si2. The Hall–Kier alpha value is -2.87. The third-order valence-electron chi connectivity index (χ3n) is 10.5. The zero-order chi connectivity index (χ0) is 41.0. The first-order chi connectivity index (χ1) is 25.9. The molecule has 1 saturated heterocycles. The lowest BCUT2D eigenvalue weighted by Crippen LogP contribution is -2.56. The maximum atomic E-state index is 11.7. The highest BCUT2D eigenvalue weighted by molar-refractivity contribution is 6.76. The number of imidazole rings is 1. The van der Waals surface area contributed by atoms with Crippen LogP contribution in [0.5, 0.6) is 6.01 Å². The van der Waals surface area contributed by atoms with E-state index in [0.29, 0.717) is 41.6 Å². The maximum Gasteiger partial charge on any atom is 0.346 e. The molecule has 1 fully saturated rings. The summed E-state index contributed by atoms with van der Waals surface area (Å²) in [5.41, 5.74) is 4.91. The number of rotatable bonds is 14. The molecule has 0 aliphatic carbocycles. The van der Waals surface area contributed by atoms with Crippen LogP contribution < -0.4 is 9.64 Å². The summed E-state index contributed by atoms with van der Waals surface area (Å²) < 4.78 is 28.5. The molecule has 3 N–H and O–H groups in total. The lowest BCUT2D eigenvalue weighted by molar-refractivity contribution is -0.0102. The van der Waals surface area contributed by atoms with Crippen molar-refractivity contribution in [3.8, 4) is 17.3 Å². The van der Waals surface area contributed by atoms with Crippen LogP contribution in [0.1, 0.15) is 66.6 Å². The number of benzene rings is 1. The highest BCUT2D eigenvalue weighted by atomic mass is 35.5. The van der Waals surface area contributed by atoms with Gasteiger partial charge in [0.05, 0.1) is 53.8 Å². The van der Waals surface area contributed by atoms with Crippen molar-refractivity contribution in [2.24, 2.45) is 0 Å². The molecule has 308 valence electrons. The van der Waals surface area contributed by atoms with Crippen molar-refractivity contribution in [1.29, 1.82) is 0 Å². The van der Waals surface area contributed by atoms with Crippen molar-refractivity contribution in [2.75, 3.05) is 24.7 Å². The first kappa shape index (κ1) is 42.7. The van der Waals surface area contributed by atoms with Crippen LogP contribution in [0, 0.1) is 0 Å². The van der Waals surface area contributed by atoms with Gasteiger partial charge in [-0.15, -0.1) is 0 Å². The molecule has 3 aromatic heterocycles. The molecule has 56 heavy (non-hydrogen) atoms. The van der Waals surface area contributed by atoms with Crippen molar-refractivity contribution in [2.45, 2.75) is 141 Å². The smallest absolute Gasteiger partial charge is 0.346 e. The molecule has 0 saturated carbocycles. The highest BCUT2D eigenvalue weighted by Crippen LogP contribution is 2.50. The van der Waals surface area contributed by atoms with E-state index in [9.17, 15) is 15.0 Å². The number of aliphatic hydroxyl groups is 2. The SMILES string of the molecule is CC(C)(O)Cn1cc2c(n1)CN(c1ccc(-c3nc4nc(O[C@@H]5CO[C@H](CO[Si](O)(C(C)(C)C)C(C)(C)C)[C@H]5O)n(COCC[Si](C)(C)C)c4cc3Cl)cc1)C2. The second kappa shape index (κ2) is 15.7. The molecule has 6 rings (SSSR count). The van der Waals surface area contributed by atoms with Crippen LogP contribution in [0.3, 0.4) is 0 Å². The third-order valence-corrected chi connectivity index (χ3v) is 17.2. The van der Waals surface area contributed by atoms with E-state index in [2.05, 4.69) is 36.7 Å². The predicted octanol–water partition coefficient (Wildman–Crippen LogP) is 7.11. The molecule has 0 unspecified atom stereocenters. The summed E-state index contributed by atoms with van der Waals surface area (Å²) in [4.78, 5) is 23.7. The van der Waals surface area contributed by atoms with E-state index >= 15 is 0 Å². The molecule has 3 atom stereocenters. The van der Waals surface area contributed by atoms with Gasteiger partial charge in [-0.05, 0) is 38.1 Å². The van der Waals surface area contributed by atoms with E-state index < -0.39 is 50.6 Å². The number of ether oxygens (including phenoxy) is 3. The van der Waals surface area contributed by atoms with E-state index in [4.69, 9.17) is 45.3 Å². The molecule has 1 aromatic carbocycles. The number of aliphatic hydroxyl groups excluding tert-OH is 1. The largest absolute Gasteiger partial charge is 0.456 e. The molecule has 0 bridgehead atoms. The van der Waals surface area contributed by atoms with Gasteiger partial charge >= 0.3 is 14.6 Å². The van der Waals surface area contributed by atoms with Crippen molar-refractivity contribution in [3.63, 3.8) is 0 Å². The molecule has 0 spiro atoms. The summed E-state index contributed by atoms with van der Waals surface area (Å²) in [6.07, 6.45) is -0.426. The molecule has 0 radical (unpaired) electrons. The number of hydrogen-bond donors (Lipinski definition) is 3. The van der Waals surface area contributed by atoms with E-state index in [1.54, 1.807) is 18.4 Å². The summed E-state index contributed by atoms with van der Waals surface area (Å²) in [5, 5.41) is 25.8. The lowest BCUT2D eigenvalue weighted by Gasteiger charge is -2.45. The van der Waals surface area contributed by atoms with Gasteiger partial charge in [0.15, 0.2) is 11.8 Å². The zero-order valence-electron chi connectivity index (χ0n) is 34.9. The van der Waals surface area contributed by atoms with Crippen molar-refractivity contribution < 1.29 is 33.6 Å². The quantitative estimate of drug-likeness (QED) is 0.0882. The Morgan fingerprint density at radius 1 is 0.982 bits per heavy atom. The van der Waals surface area contributed by atoms with E-state index in [1.165, 1.54) is 0 Å². The monoisotopic (exact) mass is 828 g/mol. The second-order valence-corrected chi connectivity index (χ2v) is 29.9. The van der Waals surface area contributed by atoms with E-state index in [0.717, 1.165) is 35.1 Å². The van der Waals surface area contributed by atoms with Crippen LogP contribution in [-0.4, -0.2) is 99.7 Å². The number of hydrogen-bond acceptors (Lipinski definition) is 11. The average molecular weight is 830 g/mol. The van der Waals surface area contributed by atoms with Gasteiger partial charge in [0, 0.05) is 54.3 Å². The summed E-state index contributed by atoms with van der Waals surface area (Å²) in [5.74, 6) is 0. The van der Waals surface area contributed by atoms with Gasteiger partial charge in [-0.2, -0.15) is 10.1 Å². The summed E-state index contributed by atoms with van der Waals surface area (Å²) in [7, 11) is -4.61. The van der Waals surface area contributed by atoms with Gasteiger partial charge in [-0.3, -0.25) is 9.25 Å². The van der Waals surface area contributed by atoms with Crippen LogP contribution >= 0.6 is 11.6 Å². The van der Waals surface area contributed by atoms with Crippen molar-refractivity contribution in [1.82, 2.24) is 24.3 Å². The Bertz CT molecular complexity index is 1960. The number of anilines is 1. The standard InChI is InChI=1S/C40H61ClN6O7Si2/c1-38(2,3)56(50,39(4,5)6)53-23-32-35(48)33(22-52-32)54-37-43-36-31(47(37)25-51-16-17-55(9,10)11)18-29(41)34(42-36)26-12-14-28(15-13-26)45-19-27-20-46(24-40(7,8)49)44-30(27)21-45/h12-15,18,20,32-33,35,48-50H,16-17,19,21-25H2,1-11H3/t32-,33-,35-/m1/s1.